The summed E-state index contributed by atoms with van der Waals surface area (Å²) in [6, 6.07) is 1.80. The average Bonchev–Trinajstić information content (AvgIpc) is 2.24. The minimum absolute atomic E-state index is 0.109. The second-order valence-corrected chi connectivity index (χ2v) is 3.93. The van der Waals surface area contributed by atoms with Crippen molar-refractivity contribution in [3.63, 3.8) is 0 Å². The van der Waals surface area contributed by atoms with Crippen molar-refractivity contribution < 1.29 is 4.79 Å². The first-order valence-electron chi connectivity index (χ1n) is 5.26. The van der Waals surface area contributed by atoms with E-state index in [2.05, 4.69) is 15.6 Å². The molecular weight excluding hydrogens is 226 g/mol. The van der Waals surface area contributed by atoms with Crippen LogP contribution in [0.15, 0.2) is 12.3 Å². The number of amides is 1. The van der Waals surface area contributed by atoms with Gasteiger partial charge in [0, 0.05) is 6.20 Å². The number of rotatable bonds is 5. The molecule has 0 bridgehead atoms. The molecule has 2 N–H and O–H groups in total. The van der Waals surface area contributed by atoms with Crippen LogP contribution in [0.25, 0.3) is 0 Å². The molecule has 0 atom stereocenters. The summed E-state index contributed by atoms with van der Waals surface area (Å²) in [7, 11) is 0. The van der Waals surface area contributed by atoms with Crippen molar-refractivity contribution in [1.82, 2.24) is 10.3 Å². The minimum Gasteiger partial charge on any atom is -0.322 e. The molecule has 1 heterocycles. The Kier molecular flexibility index (Phi) is 5.22. The van der Waals surface area contributed by atoms with E-state index in [0.29, 0.717) is 10.8 Å². The predicted molar refractivity (Wildman–Crippen MR) is 65.8 cm³/mol. The van der Waals surface area contributed by atoms with E-state index in [1.165, 1.54) is 0 Å². The van der Waals surface area contributed by atoms with Crippen LogP contribution in [-0.4, -0.2) is 24.0 Å². The quantitative estimate of drug-likeness (QED) is 0.612. The Morgan fingerprint density at radius 3 is 3.00 bits per heavy atom. The molecule has 0 saturated carbocycles. The normalized spacial score (nSPS) is 10.2. The number of halogens is 1. The molecule has 1 rings (SSSR count). The van der Waals surface area contributed by atoms with Crippen LogP contribution in [-0.2, 0) is 4.79 Å². The maximum atomic E-state index is 11.5. The first-order chi connectivity index (χ1) is 7.63. The van der Waals surface area contributed by atoms with Gasteiger partial charge in [-0.1, -0.05) is 18.5 Å². The number of carbonyl (C=O) groups is 1. The van der Waals surface area contributed by atoms with Crippen molar-refractivity contribution >= 4 is 23.2 Å². The molecule has 0 fully saturated rings. The van der Waals surface area contributed by atoms with Crippen molar-refractivity contribution in [3.8, 4) is 0 Å². The van der Waals surface area contributed by atoms with E-state index in [-0.39, 0.29) is 12.5 Å². The van der Waals surface area contributed by atoms with Crippen LogP contribution >= 0.6 is 11.6 Å². The molecule has 0 aliphatic rings. The molecule has 0 saturated heterocycles. The fourth-order valence-electron chi connectivity index (χ4n) is 1.21. The van der Waals surface area contributed by atoms with Gasteiger partial charge in [-0.3, -0.25) is 4.79 Å². The smallest absolute Gasteiger partial charge is 0.238 e. The van der Waals surface area contributed by atoms with Gasteiger partial charge in [-0.15, -0.1) is 0 Å². The average molecular weight is 242 g/mol. The Labute approximate surface area is 100 Å². The summed E-state index contributed by atoms with van der Waals surface area (Å²) in [4.78, 5) is 15.4. The van der Waals surface area contributed by atoms with Crippen LogP contribution < -0.4 is 10.6 Å². The number of aromatic nitrogens is 1. The summed E-state index contributed by atoms with van der Waals surface area (Å²) in [5, 5.41) is 6.04. The zero-order valence-corrected chi connectivity index (χ0v) is 10.3. The van der Waals surface area contributed by atoms with E-state index in [1.54, 1.807) is 12.3 Å². The molecule has 0 unspecified atom stereocenters. The molecule has 0 radical (unpaired) electrons. The van der Waals surface area contributed by atoms with Crippen molar-refractivity contribution in [1.29, 1.82) is 0 Å². The Bertz CT molecular complexity index is 368. The summed E-state index contributed by atoms with van der Waals surface area (Å²) < 4.78 is 0. The van der Waals surface area contributed by atoms with Crippen molar-refractivity contribution in [2.75, 3.05) is 18.4 Å². The fourth-order valence-corrected chi connectivity index (χ4v) is 1.36. The lowest BCUT2D eigenvalue weighted by molar-refractivity contribution is -0.115. The summed E-state index contributed by atoms with van der Waals surface area (Å²) in [5.74, 6) is -0.109. The number of aryl methyl sites for hydroxylation is 1. The van der Waals surface area contributed by atoms with Gasteiger partial charge in [0.2, 0.25) is 5.91 Å². The van der Waals surface area contributed by atoms with Crippen molar-refractivity contribution in [2.45, 2.75) is 20.3 Å². The summed E-state index contributed by atoms with van der Waals surface area (Å²) >= 11 is 5.86. The lowest BCUT2D eigenvalue weighted by Gasteiger charge is -2.07. The maximum absolute atomic E-state index is 11.5. The highest BCUT2D eigenvalue weighted by molar-refractivity contribution is 6.32. The van der Waals surface area contributed by atoms with Crippen LogP contribution in [0.5, 0.6) is 0 Å². The minimum atomic E-state index is -0.109. The lowest BCUT2D eigenvalue weighted by Crippen LogP contribution is -2.28. The highest BCUT2D eigenvalue weighted by Crippen LogP contribution is 2.19. The van der Waals surface area contributed by atoms with Crippen LogP contribution in [0.2, 0.25) is 5.15 Å². The molecule has 1 amide bonds. The third-order valence-electron chi connectivity index (χ3n) is 1.96. The number of hydrogen-bond acceptors (Lipinski definition) is 3. The predicted octanol–water partition coefficient (Wildman–Crippen LogP) is 1.98. The second kappa shape index (κ2) is 6.45. The molecular formula is C11H16ClN3O. The van der Waals surface area contributed by atoms with E-state index >= 15 is 0 Å². The van der Waals surface area contributed by atoms with E-state index < -0.39 is 0 Å². The number of hydrogen-bond donors (Lipinski definition) is 2. The van der Waals surface area contributed by atoms with Gasteiger partial charge in [-0.25, -0.2) is 4.98 Å². The summed E-state index contributed by atoms with van der Waals surface area (Å²) in [6.07, 6.45) is 2.66. The molecule has 0 spiro atoms. The van der Waals surface area contributed by atoms with E-state index in [9.17, 15) is 4.79 Å². The van der Waals surface area contributed by atoms with Gasteiger partial charge in [-0.05, 0) is 31.5 Å². The first-order valence-corrected chi connectivity index (χ1v) is 5.64. The van der Waals surface area contributed by atoms with Crippen molar-refractivity contribution in [3.05, 3.63) is 23.0 Å². The molecule has 0 aliphatic carbocycles. The fraction of sp³-hybridized carbons (Fsp3) is 0.455. The molecule has 16 heavy (non-hydrogen) atoms. The molecule has 5 heteroatoms. The Morgan fingerprint density at radius 1 is 1.56 bits per heavy atom. The summed E-state index contributed by atoms with van der Waals surface area (Å²) in [5.41, 5.74) is 1.52. The van der Waals surface area contributed by atoms with Gasteiger partial charge in [0.05, 0.1) is 12.2 Å². The van der Waals surface area contributed by atoms with E-state index in [1.807, 2.05) is 13.8 Å². The third-order valence-corrected chi connectivity index (χ3v) is 2.26. The van der Waals surface area contributed by atoms with Crippen LogP contribution in [0.3, 0.4) is 0 Å². The number of carbonyl (C=O) groups excluding carboxylic acids is 1. The molecule has 0 aliphatic heterocycles. The number of anilines is 1. The van der Waals surface area contributed by atoms with Crippen LogP contribution in [0.4, 0.5) is 5.69 Å². The second-order valence-electron chi connectivity index (χ2n) is 3.58. The maximum Gasteiger partial charge on any atom is 0.238 e. The molecule has 0 aromatic carbocycles. The largest absolute Gasteiger partial charge is 0.322 e. The standard InChI is InChI=1S/C11H16ClN3O/c1-3-4-13-7-10(16)15-9-5-8(2)6-14-11(9)12/h5-6,13H,3-4,7H2,1-2H3,(H,15,16). The topological polar surface area (TPSA) is 54.0 Å². The summed E-state index contributed by atoms with van der Waals surface area (Å²) in [6.45, 7) is 5.06. The van der Waals surface area contributed by atoms with Crippen molar-refractivity contribution in [2.24, 2.45) is 0 Å². The zero-order valence-electron chi connectivity index (χ0n) is 9.51. The number of nitrogens with one attached hydrogen (secondary N) is 2. The molecule has 1 aromatic rings. The monoisotopic (exact) mass is 241 g/mol. The van der Waals surface area contributed by atoms with Gasteiger partial charge in [0.15, 0.2) is 5.15 Å². The Morgan fingerprint density at radius 2 is 2.31 bits per heavy atom. The Hall–Kier alpha value is -1.13. The SMILES string of the molecule is CCCNCC(=O)Nc1cc(C)cnc1Cl. The van der Waals surface area contributed by atoms with E-state index in [4.69, 9.17) is 11.6 Å². The van der Waals surface area contributed by atoms with Gasteiger partial charge in [-0.2, -0.15) is 0 Å². The number of nitrogens with zero attached hydrogens (tertiary/aromatic N) is 1. The van der Waals surface area contributed by atoms with Gasteiger partial charge >= 0.3 is 0 Å². The lowest BCUT2D eigenvalue weighted by atomic mass is 10.3. The van der Waals surface area contributed by atoms with Crippen LogP contribution in [0, 0.1) is 6.92 Å². The third kappa shape index (κ3) is 4.16. The molecule has 1 aromatic heterocycles. The molecule has 88 valence electrons. The van der Waals surface area contributed by atoms with E-state index in [0.717, 1.165) is 18.5 Å². The van der Waals surface area contributed by atoms with Gasteiger partial charge in [0.1, 0.15) is 0 Å². The Balaban J connectivity index is 2.52. The highest BCUT2D eigenvalue weighted by atomic mass is 35.5. The van der Waals surface area contributed by atoms with Gasteiger partial charge in [0.25, 0.3) is 0 Å². The number of pyridine rings is 1. The zero-order chi connectivity index (χ0) is 12.0. The van der Waals surface area contributed by atoms with Gasteiger partial charge < -0.3 is 10.6 Å². The highest BCUT2D eigenvalue weighted by Gasteiger charge is 2.06. The molecule has 4 nitrogen and oxygen atoms in total. The first kappa shape index (κ1) is 12.9. The van der Waals surface area contributed by atoms with Crippen LogP contribution in [0.1, 0.15) is 18.9 Å².